The van der Waals surface area contributed by atoms with Crippen LogP contribution in [0.3, 0.4) is 0 Å². The van der Waals surface area contributed by atoms with Crippen molar-refractivity contribution >= 4 is 11.8 Å². The number of hydrogen-bond donors (Lipinski definition) is 0. The van der Waals surface area contributed by atoms with Crippen LogP contribution in [0.5, 0.6) is 0 Å². The molecule has 2 saturated heterocycles. The average Bonchev–Trinajstić information content (AvgIpc) is 2.74. The fourth-order valence-electron chi connectivity index (χ4n) is 3.73. The van der Waals surface area contributed by atoms with Gasteiger partial charge in [-0.2, -0.15) is 0 Å². The molecule has 0 aromatic heterocycles. The van der Waals surface area contributed by atoms with Crippen molar-refractivity contribution in [3.63, 3.8) is 0 Å². The van der Waals surface area contributed by atoms with Gasteiger partial charge in [-0.05, 0) is 19.3 Å². The minimum absolute atomic E-state index is 0.000336. The zero-order valence-electron chi connectivity index (χ0n) is 12.1. The van der Waals surface area contributed by atoms with Gasteiger partial charge in [0.15, 0.2) is 0 Å². The third-order valence-electron chi connectivity index (χ3n) is 4.89. The number of imide groups is 1. The molecule has 0 aromatic rings. The monoisotopic (exact) mass is 280 g/mol. The van der Waals surface area contributed by atoms with Crippen LogP contribution in [0.15, 0.2) is 0 Å². The molecule has 5 nitrogen and oxygen atoms in total. The van der Waals surface area contributed by atoms with Gasteiger partial charge in [-0.15, -0.1) is 0 Å². The Hall–Kier alpha value is -0.940. The number of carbonyl (C=O) groups is 2. The van der Waals surface area contributed by atoms with Crippen molar-refractivity contribution in [2.45, 2.75) is 32.1 Å². The molecule has 2 unspecified atom stereocenters. The molecule has 2 aliphatic heterocycles. The second-order valence-corrected chi connectivity index (χ2v) is 6.13. The van der Waals surface area contributed by atoms with Crippen LogP contribution in [-0.4, -0.2) is 61.0 Å². The predicted octanol–water partition coefficient (Wildman–Crippen LogP) is 0.884. The Morgan fingerprint density at radius 3 is 2.15 bits per heavy atom. The lowest BCUT2D eigenvalue weighted by Crippen LogP contribution is -2.39. The molecule has 3 aliphatic rings. The number of fused-ring (bicyclic) bond motifs is 1. The van der Waals surface area contributed by atoms with Gasteiger partial charge >= 0.3 is 0 Å². The van der Waals surface area contributed by atoms with Gasteiger partial charge in [-0.25, -0.2) is 0 Å². The molecule has 1 saturated carbocycles. The summed E-state index contributed by atoms with van der Waals surface area (Å²) in [6, 6.07) is 0. The van der Waals surface area contributed by atoms with E-state index in [-0.39, 0.29) is 23.7 Å². The second kappa shape index (κ2) is 6.22. The maximum Gasteiger partial charge on any atom is 0.233 e. The van der Waals surface area contributed by atoms with E-state index >= 15 is 0 Å². The van der Waals surface area contributed by atoms with Gasteiger partial charge in [-0.3, -0.25) is 19.4 Å². The summed E-state index contributed by atoms with van der Waals surface area (Å²) in [5, 5.41) is 0. The molecule has 2 amide bonds. The lowest BCUT2D eigenvalue weighted by atomic mass is 9.81. The Labute approximate surface area is 120 Å². The molecular weight excluding hydrogens is 256 g/mol. The Kier molecular flexibility index (Phi) is 4.36. The fourth-order valence-corrected chi connectivity index (χ4v) is 3.73. The smallest absolute Gasteiger partial charge is 0.233 e. The van der Waals surface area contributed by atoms with Crippen molar-refractivity contribution in [2.24, 2.45) is 11.8 Å². The van der Waals surface area contributed by atoms with Gasteiger partial charge in [-0.1, -0.05) is 12.8 Å². The molecule has 20 heavy (non-hydrogen) atoms. The van der Waals surface area contributed by atoms with E-state index in [2.05, 4.69) is 4.90 Å². The maximum atomic E-state index is 12.3. The van der Waals surface area contributed by atoms with Gasteiger partial charge in [0.25, 0.3) is 0 Å². The molecule has 1 aliphatic carbocycles. The van der Waals surface area contributed by atoms with E-state index in [1.54, 1.807) is 4.90 Å². The average molecular weight is 280 g/mol. The molecule has 2 atom stereocenters. The van der Waals surface area contributed by atoms with E-state index in [1.165, 1.54) is 0 Å². The Bertz CT molecular complexity index is 355. The molecule has 112 valence electrons. The first-order valence-corrected chi connectivity index (χ1v) is 7.92. The number of morpholine rings is 1. The van der Waals surface area contributed by atoms with Crippen LogP contribution in [0.1, 0.15) is 32.1 Å². The molecule has 3 rings (SSSR count). The van der Waals surface area contributed by atoms with Gasteiger partial charge < -0.3 is 4.74 Å². The Morgan fingerprint density at radius 1 is 0.950 bits per heavy atom. The van der Waals surface area contributed by atoms with Gasteiger partial charge in [0.1, 0.15) is 0 Å². The first kappa shape index (κ1) is 14.0. The molecule has 3 fully saturated rings. The molecule has 0 bridgehead atoms. The molecular formula is C15H24N2O3. The lowest BCUT2D eigenvalue weighted by Gasteiger charge is -2.27. The highest BCUT2D eigenvalue weighted by Crippen LogP contribution is 2.37. The Morgan fingerprint density at radius 2 is 1.55 bits per heavy atom. The third-order valence-corrected chi connectivity index (χ3v) is 4.89. The summed E-state index contributed by atoms with van der Waals surface area (Å²) in [5.41, 5.74) is 0. The summed E-state index contributed by atoms with van der Waals surface area (Å²) in [7, 11) is 0. The zero-order valence-corrected chi connectivity index (χ0v) is 12.1. The van der Waals surface area contributed by atoms with Crippen molar-refractivity contribution in [1.82, 2.24) is 9.80 Å². The molecule has 5 heteroatoms. The summed E-state index contributed by atoms with van der Waals surface area (Å²) in [4.78, 5) is 28.5. The zero-order chi connectivity index (χ0) is 13.9. The minimum atomic E-state index is -0.000336. The molecule has 2 heterocycles. The number of carbonyl (C=O) groups excluding carboxylic acids is 2. The highest BCUT2D eigenvalue weighted by atomic mass is 16.5. The quantitative estimate of drug-likeness (QED) is 0.718. The first-order chi connectivity index (χ1) is 9.77. The highest BCUT2D eigenvalue weighted by molar-refractivity contribution is 6.05. The molecule has 0 N–H and O–H groups in total. The number of rotatable bonds is 4. The molecule has 0 spiro atoms. The van der Waals surface area contributed by atoms with Crippen molar-refractivity contribution in [1.29, 1.82) is 0 Å². The third kappa shape index (κ3) is 2.74. The number of likely N-dealkylation sites (tertiary alicyclic amines) is 1. The van der Waals surface area contributed by atoms with Crippen molar-refractivity contribution in [3.05, 3.63) is 0 Å². The van der Waals surface area contributed by atoms with Crippen molar-refractivity contribution in [3.8, 4) is 0 Å². The number of ether oxygens (including phenoxy) is 1. The first-order valence-electron chi connectivity index (χ1n) is 7.92. The van der Waals surface area contributed by atoms with E-state index in [9.17, 15) is 9.59 Å². The van der Waals surface area contributed by atoms with E-state index in [4.69, 9.17) is 4.74 Å². The van der Waals surface area contributed by atoms with Crippen molar-refractivity contribution in [2.75, 3.05) is 39.4 Å². The van der Waals surface area contributed by atoms with Crippen LogP contribution in [-0.2, 0) is 14.3 Å². The van der Waals surface area contributed by atoms with Crippen LogP contribution in [0, 0.1) is 11.8 Å². The summed E-state index contributed by atoms with van der Waals surface area (Å²) in [6.07, 6.45) is 4.91. The highest BCUT2D eigenvalue weighted by Gasteiger charge is 2.47. The van der Waals surface area contributed by atoms with E-state index in [0.717, 1.165) is 65.0 Å². The second-order valence-electron chi connectivity index (χ2n) is 6.13. The standard InChI is InChI=1S/C15H24N2O3/c18-14-12-4-1-2-5-13(12)15(19)17(14)7-3-6-16-8-10-20-11-9-16/h12-13H,1-11H2. The maximum absolute atomic E-state index is 12.3. The number of hydrogen-bond acceptors (Lipinski definition) is 4. The number of amides is 2. The Balaban J connectivity index is 1.49. The fraction of sp³-hybridized carbons (Fsp3) is 0.867. The lowest BCUT2D eigenvalue weighted by molar-refractivity contribution is -0.140. The van der Waals surface area contributed by atoms with E-state index in [1.807, 2.05) is 0 Å². The van der Waals surface area contributed by atoms with Crippen LogP contribution in [0.25, 0.3) is 0 Å². The summed E-state index contributed by atoms with van der Waals surface area (Å²) >= 11 is 0. The van der Waals surface area contributed by atoms with Gasteiger partial charge in [0, 0.05) is 26.2 Å². The van der Waals surface area contributed by atoms with E-state index in [0.29, 0.717) is 6.54 Å². The largest absolute Gasteiger partial charge is 0.379 e. The summed E-state index contributed by atoms with van der Waals surface area (Å²) in [5.74, 6) is 0.197. The van der Waals surface area contributed by atoms with Crippen molar-refractivity contribution < 1.29 is 14.3 Å². The van der Waals surface area contributed by atoms with Gasteiger partial charge in [0.05, 0.1) is 25.0 Å². The summed E-state index contributed by atoms with van der Waals surface area (Å²) in [6.45, 7) is 5.08. The van der Waals surface area contributed by atoms with Gasteiger partial charge in [0.2, 0.25) is 11.8 Å². The normalized spacial score (nSPS) is 31.7. The van der Waals surface area contributed by atoms with Crippen LogP contribution in [0.4, 0.5) is 0 Å². The van der Waals surface area contributed by atoms with Crippen LogP contribution < -0.4 is 0 Å². The topological polar surface area (TPSA) is 49.9 Å². The SMILES string of the molecule is O=C1C2CCCCC2C(=O)N1CCCN1CCOCC1. The number of nitrogens with zero attached hydrogens (tertiary/aromatic N) is 2. The predicted molar refractivity (Wildman–Crippen MR) is 74.0 cm³/mol. The minimum Gasteiger partial charge on any atom is -0.379 e. The molecule has 0 aromatic carbocycles. The summed E-state index contributed by atoms with van der Waals surface area (Å²) < 4.78 is 5.32. The van der Waals surface area contributed by atoms with E-state index < -0.39 is 0 Å². The molecule has 0 radical (unpaired) electrons. The van der Waals surface area contributed by atoms with Crippen LogP contribution >= 0.6 is 0 Å². The van der Waals surface area contributed by atoms with Crippen LogP contribution in [0.2, 0.25) is 0 Å².